The van der Waals surface area contributed by atoms with E-state index in [1.807, 2.05) is 6.08 Å². The molecule has 0 nitrogen and oxygen atoms in total. The number of hydrogen-bond acceptors (Lipinski definition) is 0. The van der Waals surface area contributed by atoms with Crippen molar-refractivity contribution in [2.45, 2.75) is 37.5 Å². The van der Waals surface area contributed by atoms with E-state index >= 15 is 0 Å². The molecule has 0 aromatic heterocycles. The summed E-state index contributed by atoms with van der Waals surface area (Å²) in [6, 6.07) is 6.45. The first-order valence-corrected chi connectivity index (χ1v) is 9.05. The summed E-state index contributed by atoms with van der Waals surface area (Å²) in [6.07, 6.45) is 4.79. The fourth-order valence-electron chi connectivity index (χ4n) is 5.11. The molecular formula is C22H20F4. The molecule has 4 heteroatoms. The lowest BCUT2D eigenvalue weighted by Crippen LogP contribution is -2.35. The zero-order valence-electron chi connectivity index (χ0n) is 14.3. The smallest absolute Gasteiger partial charge is 0.159 e. The molecule has 2 aliphatic rings. The predicted octanol–water partition coefficient (Wildman–Crippen LogP) is 6.27. The van der Waals surface area contributed by atoms with Crippen molar-refractivity contribution in [2.24, 2.45) is 11.8 Å². The van der Waals surface area contributed by atoms with E-state index in [1.54, 1.807) is 6.07 Å². The van der Waals surface area contributed by atoms with Crippen molar-refractivity contribution in [3.8, 4) is 0 Å². The first-order valence-electron chi connectivity index (χ1n) is 9.05. The van der Waals surface area contributed by atoms with Gasteiger partial charge in [0.1, 0.15) is 11.6 Å². The number of fused-ring (bicyclic) bond motifs is 3. The van der Waals surface area contributed by atoms with Crippen molar-refractivity contribution in [1.29, 1.82) is 0 Å². The third-order valence-corrected chi connectivity index (χ3v) is 6.20. The Morgan fingerprint density at radius 1 is 0.885 bits per heavy atom. The minimum Gasteiger partial charge on any atom is -0.207 e. The van der Waals surface area contributed by atoms with E-state index in [4.69, 9.17) is 0 Å². The lowest BCUT2D eigenvalue weighted by Gasteiger charge is -2.46. The van der Waals surface area contributed by atoms with Crippen LogP contribution in [-0.4, -0.2) is 0 Å². The Balaban J connectivity index is 1.78. The van der Waals surface area contributed by atoms with Crippen LogP contribution < -0.4 is 0 Å². The normalized spacial score (nSPS) is 27.5. The van der Waals surface area contributed by atoms with Crippen LogP contribution in [0.2, 0.25) is 0 Å². The molecule has 0 heterocycles. The molecule has 26 heavy (non-hydrogen) atoms. The number of allylic oxidation sites excluding steroid dienone is 1. The van der Waals surface area contributed by atoms with E-state index in [0.29, 0.717) is 12.0 Å². The van der Waals surface area contributed by atoms with E-state index in [9.17, 15) is 17.6 Å². The van der Waals surface area contributed by atoms with Gasteiger partial charge in [0.05, 0.1) is 0 Å². The Hall–Kier alpha value is -2.10. The summed E-state index contributed by atoms with van der Waals surface area (Å²) in [5.41, 5.74) is 2.09. The van der Waals surface area contributed by atoms with Gasteiger partial charge >= 0.3 is 0 Å². The summed E-state index contributed by atoms with van der Waals surface area (Å²) in [5, 5.41) is 0. The van der Waals surface area contributed by atoms with Crippen molar-refractivity contribution >= 4 is 0 Å². The van der Waals surface area contributed by atoms with E-state index in [0.717, 1.165) is 42.5 Å². The number of hydrogen-bond donors (Lipinski definition) is 0. The molecule has 0 amide bonds. The third kappa shape index (κ3) is 2.76. The Bertz CT molecular complexity index is 857. The van der Waals surface area contributed by atoms with Crippen molar-refractivity contribution in [3.05, 3.63) is 82.9 Å². The topological polar surface area (TPSA) is 0 Å². The second-order valence-electron chi connectivity index (χ2n) is 7.44. The minimum atomic E-state index is -0.866. The summed E-state index contributed by atoms with van der Waals surface area (Å²) < 4.78 is 55.3. The molecule has 2 aromatic rings. The van der Waals surface area contributed by atoms with Crippen LogP contribution in [0.25, 0.3) is 0 Å². The maximum absolute atomic E-state index is 14.2. The van der Waals surface area contributed by atoms with Gasteiger partial charge in [-0.15, -0.1) is 6.58 Å². The van der Waals surface area contributed by atoms with Gasteiger partial charge < -0.3 is 0 Å². The molecule has 0 N–H and O–H groups in total. The molecule has 0 aliphatic heterocycles. The summed E-state index contributed by atoms with van der Waals surface area (Å²) in [4.78, 5) is 0. The van der Waals surface area contributed by atoms with Crippen molar-refractivity contribution < 1.29 is 17.6 Å². The van der Waals surface area contributed by atoms with E-state index in [2.05, 4.69) is 6.58 Å². The highest BCUT2D eigenvalue weighted by molar-refractivity contribution is 5.38. The number of halogens is 4. The third-order valence-electron chi connectivity index (χ3n) is 6.20. The van der Waals surface area contributed by atoms with Crippen LogP contribution in [0.4, 0.5) is 17.6 Å². The first kappa shape index (κ1) is 17.3. The molecule has 1 fully saturated rings. The molecule has 0 saturated heterocycles. The van der Waals surface area contributed by atoms with Crippen LogP contribution in [0.5, 0.6) is 0 Å². The van der Waals surface area contributed by atoms with Gasteiger partial charge in [-0.05, 0) is 84.2 Å². The van der Waals surface area contributed by atoms with Crippen LogP contribution in [0.15, 0.2) is 43.0 Å². The Kier molecular flexibility index (Phi) is 4.37. The molecule has 0 spiro atoms. The van der Waals surface area contributed by atoms with Crippen LogP contribution in [-0.2, 0) is 6.42 Å². The van der Waals surface area contributed by atoms with Crippen molar-refractivity contribution in [3.63, 3.8) is 0 Å². The lowest BCUT2D eigenvalue weighted by molar-refractivity contribution is 0.193. The van der Waals surface area contributed by atoms with Gasteiger partial charge in [0.2, 0.25) is 0 Å². The van der Waals surface area contributed by atoms with Gasteiger partial charge in [0.25, 0.3) is 0 Å². The second kappa shape index (κ2) is 6.57. The molecule has 2 aliphatic carbocycles. The molecule has 2 aromatic carbocycles. The standard InChI is InChI=1S/C22H20F4/c1-2-12-3-5-15-17(22(12)13-4-8-19(24)21(26)9-13)7-6-16-18(15)10-14(23)11-20(16)25/h2,4,8-12,15,17,22H,1,3,5-7H2. The van der Waals surface area contributed by atoms with Crippen LogP contribution in [0.1, 0.15) is 47.8 Å². The van der Waals surface area contributed by atoms with Gasteiger partial charge in [-0.3, -0.25) is 0 Å². The summed E-state index contributed by atoms with van der Waals surface area (Å²) in [5.74, 6) is -2.49. The molecule has 4 rings (SSSR count). The van der Waals surface area contributed by atoms with Gasteiger partial charge in [-0.1, -0.05) is 12.1 Å². The first-order chi connectivity index (χ1) is 12.5. The van der Waals surface area contributed by atoms with E-state index in [1.165, 1.54) is 12.1 Å². The summed E-state index contributed by atoms with van der Waals surface area (Å²) in [6.45, 7) is 3.92. The number of rotatable bonds is 2. The van der Waals surface area contributed by atoms with Crippen LogP contribution in [0, 0.1) is 35.1 Å². The van der Waals surface area contributed by atoms with Gasteiger partial charge in [-0.2, -0.15) is 0 Å². The molecule has 4 unspecified atom stereocenters. The average molecular weight is 360 g/mol. The van der Waals surface area contributed by atoms with Crippen LogP contribution >= 0.6 is 0 Å². The zero-order valence-corrected chi connectivity index (χ0v) is 14.3. The molecular weight excluding hydrogens is 340 g/mol. The maximum Gasteiger partial charge on any atom is 0.159 e. The molecule has 0 radical (unpaired) electrons. The fourth-order valence-corrected chi connectivity index (χ4v) is 5.11. The largest absolute Gasteiger partial charge is 0.207 e. The lowest BCUT2D eigenvalue weighted by atomic mass is 9.58. The highest BCUT2D eigenvalue weighted by atomic mass is 19.2. The Morgan fingerprint density at radius 3 is 2.42 bits per heavy atom. The van der Waals surface area contributed by atoms with Gasteiger partial charge in [0, 0.05) is 6.07 Å². The second-order valence-corrected chi connectivity index (χ2v) is 7.44. The van der Waals surface area contributed by atoms with Crippen molar-refractivity contribution in [1.82, 2.24) is 0 Å². The summed E-state index contributed by atoms with van der Waals surface area (Å²) >= 11 is 0. The summed E-state index contributed by atoms with van der Waals surface area (Å²) in [7, 11) is 0. The van der Waals surface area contributed by atoms with Crippen molar-refractivity contribution in [2.75, 3.05) is 0 Å². The van der Waals surface area contributed by atoms with E-state index in [-0.39, 0.29) is 23.7 Å². The highest BCUT2D eigenvalue weighted by Crippen LogP contribution is 2.54. The Labute approximate surface area is 150 Å². The van der Waals surface area contributed by atoms with Crippen LogP contribution in [0.3, 0.4) is 0 Å². The quantitative estimate of drug-likeness (QED) is 0.437. The minimum absolute atomic E-state index is 0.0262. The average Bonchev–Trinajstić information content (AvgIpc) is 2.62. The van der Waals surface area contributed by atoms with E-state index < -0.39 is 23.3 Å². The molecule has 0 bridgehead atoms. The van der Waals surface area contributed by atoms with Gasteiger partial charge in [-0.25, -0.2) is 17.6 Å². The Morgan fingerprint density at radius 2 is 1.69 bits per heavy atom. The highest BCUT2D eigenvalue weighted by Gasteiger charge is 2.43. The molecule has 4 atom stereocenters. The fraction of sp³-hybridized carbons (Fsp3) is 0.364. The molecule has 136 valence electrons. The zero-order chi connectivity index (χ0) is 18.4. The molecule has 1 saturated carbocycles. The predicted molar refractivity (Wildman–Crippen MR) is 92.9 cm³/mol. The SMILES string of the molecule is C=CC1CCC2c3cc(F)cc(F)c3CCC2C1c1ccc(F)c(F)c1. The maximum atomic E-state index is 14.2. The van der Waals surface area contributed by atoms with Gasteiger partial charge in [0.15, 0.2) is 11.6 Å². The monoisotopic (exact) mass is 360 g/mol. The number of benzene rings is 2.